The molecule has 0 bridgehead atoms. The van der Waals surface area contributed by atoms with Crippen LogP contribution in [0.1, 0.15) is 28.8 Å². The van der Waals surface area contributed by atoms with E-state index in [4.69, 9.17) is 0 Å². The number of hydrogen-bond donors (Lipinski definition) is 2. The highest BCUT2D eigenvalue weighted by Crippen LogP contribution is 2.33. The van der Waals surface area contributed by atoms with Crippen LogP contribution in [-0.2, 0) is 16.4 Å². The van der Waals surface area contributed by atoms with Gasteiger partial charge in [0.2, 0.25) is 0 Å². The summed E-state index contributed by atoms with van der Waals surface area (Å²) in [5, 5.41) is 9.41. The Morgan fingerprint density at radius 2 is 1.56 bits per heavy atom. The molecule has 0 spiro atoms. The van der Waals surface area contributed by atoms with E-state index >= 15 is 0 Å². The van der Waals surface area contributed by atoms with E-state index in [1.54, 1.807) is 24.3 Å². The Bertz CT molecular complexity index is 1170. The molecule has 7 heteroatoms. The maximum atomic E-state index is 12.9. The molecule has 3 aromatic rings. The third-order valence-corrected chi connectivity index (χ3v) is 7.25. The van der Waals surface area contributed by atoms with Gasteiger partial charge in [0.25, 0.3) is 10.0 Å². The Hall–Kier alpha value is -3.32. The number of sulfonamides is 1. The number of nitrogens with one attached hydrogen (secondary N) is 1. The Morgan fingerprint density at radius 1 is 0.938 bits per heavy atom. The van der Waals surface area contributed by atoms with Crippen molar-refractivity contribution in [3.8, 4) is 0 Å². The van der Waals surface area contributed by atoms with E-state index < -0.39 is 16.0 Å². The Balaban J connectivity index is 1.54. The van der Waals surface area contributed by atoms with Gasteiger partial charge in [-0.05, 0) is 61.1 Å². The maximum absolute atomic E-state index is 12.9. The Kier molecular flexibility index (Phi) is 6.46. The molecule has 32 heavy (non-hydrogen) atoms. The van der Waals surface area contributed by atoms with Crippen LogP contribution in [0.5, 0.6) is 0 Å². The van der Waals surface area contributed by atoms with Gasteiger partial charge in [-0.15, -0.1) is 0 Å². The fourth-order valence-corrected chi connectivity index (χ4v) is 5.24. The van der Waals surface area contributed by atoms with Gasteiger partial charge < -0.3 is 10.0 Å². The minimum Gasteiger partial charge on any atom is -0.478 e. The third kappa shape index (κ3) is 5.11. The van der Waals surface area contributed by atoms with E-state index in [-0.39, 0.29) is 16.1 Å². The van der Waals surface area contributed by atoms with Crippen LogP contribution in [0.25, 0.3) is 0 Å². The lowest BCUT2D eigenvalue weighted by molar-refractivity contribution is 0.0697. The predicted molar refractivity (Wildman–Crippen MR) is 126 cm³/mol. The highest BCUT2D eigenvalue weighted by atomic mass is 32.2. The summed E-state index contributed by atoms with van der Waals surface area (Å²) in [6.45, 7) is 1.56. The summed E-state index contributed by atoms with van der Waals surface area (Å²) in [6.07, 6.45) is 3.00. The molecule has 1 saturated heterocycles. The number of nitrogens with zero attached hydrogens (tertiary/aromatic N) is 1. The van der Waals surface area contributed by atoms with Crippen molar-refractivity contribution in [3.05, 3.63) is 90.0 Å². The largest absolute Gasteiger partial charge is 0.478 e. The van der Waals surface area contributed by atoms with Gasteiger partial charge in [-0.3, -0.25) is 4.72 Å². The number of anilines is 2. The van der Waals surface area contributed by atoms with Crippen LogP contribution in [-0.4, -0.2) is 32.6 Å². The molecule has 0 saturated carbocycles. The topological polar surface area (TPSA) is 86.7 Å². The molecule has 0 unspecified atom stereocenters. The molecule has 6 nitrogen and oxygen atoms in total. The monoisotopic (exact) mass is 450 g/mol. The van der Waals surface area contributed by atoms with Gasteiger partial charge in [-0.25, -0.2) is 13.2 Å². The zero-order valence-electron chi connectivity index (χ0n) is 17.6. The standard InChI is InChI=1S/C25H26N2O4S/c28-25(29)21-11-12-24(23(18-21)26-32(30,31)22-9-5-2-6-10-22)27-15-13-20(14-16-27)17-19-7-3-1-4-8-19/h1-12,18,20,26H,13-17H2,(H,28,29). The van der Waals surface area contributed by atoms with E-state index in [1.165, 1.54) is 29.8 Å². The predicted octanol–water partition coefficient (Wildman–Crippen LogP) is 4.64. The average Bonchev–Trinajstić information content (AvgIpc) is 2.81. The van der Waals surface area contributed by atoms with Crippen molar-refractivity contribution in [2.75, 3.05) is 22.7 Å². The quantitative estimate of drug-likeness (QED) is 0.547. The molecule has 0 aromatic heterocycles. The van der Waals surface area contributed by atoms with Crippen molar-refractivity contribution in [3.63, 3.8) is 0 Å². The molecule has 166 valence electrons. The van der Waals surface area contributed by atoms with E-state index in [1.807, 2.05) is 6.07 Å². The molecule has 0 atom stereocenters. The van der Waals surface area contributed by atoms with Gasteiger partial charge in [-0.2, -0.15) is 0 Å². The third-order valence-electron chi connectivity index (χ3n) is 5.86. The van der Waals surface area contributed by atoms with Crippen LogP contribution >= 0.6 is 0 Å². The first-order valence-corrected chi connectivity index (χ1v) is 12.1. The van der Waals surface area contributed by atoms with Crippen LogP contribution in [0, 0.1) is 5.92 Å². The summed E-state index contributed by atoms with van der Waals surface area (Å²) in [7, 11) is -3.84. The molecule has 1 fully saturated rings. The minimum atomic E-state index is -3.84. The molecule has 1 heterocycles. The van der Waals surface area contributed by atoms with Crippen molar-refractivity contribution >= 4 is 27.4 Å². The van der Waals surface area contributed by atoms with Crippen molar-refractivity contribution in [1.29, 1.82) is 0 Å². The van der Waals surface area contributed by atoms with E-state index in [0.29, 0.717) is 11.6 Å². The zero-order chi connectivity index (χ0) is 22.6. The van der Waals surface area contributed by atoms with Crippen LogP contribution in [0.4, 0.5) is 11.4 Å². The zero-order valence-corrected chi connectivity index (χ0v) is 18.5. The Morgan fingerprint density at radius 3 is 2.19 bits per heavy atom. The number of piperidine rings is 1. The van der Waals surface area contributed by atoms with E-state index in [2.05, 4.69) is 33.9 Å². The van der Waals surface area contributed by atoms with Gasteiger partial charge in [0, 0.05) is 13.1 Å². The van der Waals surface area contributed by atoms with Crippen LogP contribution in [0.3, 0.4) is 0 Å². The fourth-order valence-electron chi connectivity index (χ4n) is 4.16. The van der Waals surface area contributed by atoms with Crippen LogP contribution in [0.15, 0.2) is 83.8 Å². The molecule has 0 aliphatic carbocycles. The van der Waals surface area contributed by atoms with Crippen molar-refractivity contribution < 1.29 is 18.3 Å². The summed E-state index contributed by atoms with van der Waals surface area (Å²) in [4.78, 5) is 13.8. The fraction of sp³-hybridized carbons (Fsp3) is 0.240. The lowest BCUT2D eigenvalue weighted by Gasteiger charge is -2.35. The number of benzene rings is 3. The molecular weight excluding hydrogens is 424 g/mol. The smallest absolute Gasteiger partial charge is 0.335 e. The van der Waals surface area contributed by atoms with Crippen LogP contribution in [0.2, 0.25) is 0 Å². The first-order chi connectivity index (χ1) is 15.4. The second-order valence-electron chi connectivity index (χ2n) is 8.08. The van der Waals surface area contributed by atoms with Gasteiger partial charge in [0.1, 0.15) is 0 Å². The number of hydrogen-bond acceptors (Lipinski definition) is 4. The molecule has 0 radical (unpaired) electrons. The van der Waals surface area contributed by atoms with Crippen molar-refractivity contribution in [2.45, 2.75) is 24.2 Å². The van der Waals surface area contributed by atoms with Gasteiger partial charge in [-0.1, -0.05) is 48.5 Å². The highest BCUT2D eigenvalue weighted by molar-refractivity contribution is 7.92. The molecule has 4 rings (SSSR count). The summed E-state index contributed by atoms with van der Waals surface area (Å²) in [5.74, 6) is -0.533. The van der Waals surface area contributed by atoms with Crippen LogP contribution < -0.4 is 9.62 Å². The molecule has 2 N–H and O–H groups in total. The van der Waals surface area contributed by atoms with E-state index in [9.17, 15) is 18.3 Å². The number of carbonyl (C=O) groups is 1. The first kappa shape index (κ1) is 21.9. The van der Waals surface area contributed by atoms with Crippen molar-refractivity contribution in [2.24, 2.45) is 5.92 Å². The SMILES string of the molecule is O=C(O)c1ccc(N2CCC(Cc3ccccc3)CC2)c(NS(=O)(=O)c2ccccc2)c1. The highest BCUT2D eigenvalue weighted by Gasteiger charge is 2.24. The lowest BCUT2D eigenvalue weighted by atomic mass is 9.90. The van der Waals surface area contributed by atoms with E-state index in [0.717, 1.165) is 32.4 Å². The lowest BCUT2D eigenvalue weighted by Crippen LogP contribution is -2.35. The first-order valence-electron chi connectivity index (χ1n) is 10.7. The van der Waals surface area contributed by atoms with Crippen molar-refractivity contribution in [1.82, 2.24) is 0 Å². The number of rotatable bonds is 7. The normalized spacial score (nSPS) is 14.8. The van der Waals surface area contributed by atoms with Gasteiger partial charge >= 0.3 is 5.97 Å². The summed E-state index contributed by atoms with van der Waals surface area (Å²) in [6, 6.07) is 23.1. The molecular formula is C25H26N2O4S. The average molecular weight is 451 g/mol. The minimum absolute atomic E-state index is 0.0403. The summed E-state index contributed by atoms with van der Waals surface area (Å²) >= 11 is 0. The van der Waals surface area contributed by atoms with Gasteiger partial charge in [0.05, 0.1) is 21.8 Å². The molecule has 1 aliphatic rings. The molecule has 0 amide bonds. The second kappa shape index (κ2) is 9.44. The summed E-state index contributed by atoms with van der Waals surface area (Å²) in [5.41, 5.74) is 2.36. The maximum Gasteiger partial charge on any atom is 0.335 e. The Labute approximate surface area is 188 Å². The number of aromatic carboxylic acids is 1. The molecule has 3 aromatic carbocycles. The van der Waals surface area contributed by atoms with Gasteiger partial charge in [0.15, 0.2) is 0 Å². The number of carboxylic acids is 1. The number of carboxylic acid groups (broad SMARTS) is 1. The molecule has 1 aliphatic heterocycles. The second-order valence-corrected chi connectivity index (χ2v) is 9.76. The summed E-state index contributed by atoms with van der Waals surface area (Å²) < 4.78 is 28.4.